The summed E-state index contributed by atoms with van der Waals surface area (Å²) >= 11 is 0. The first-order valence-electron chi connectivity index (χ1n) is 11.0. The van der Waals surface area contributed by atoms with Gasteiger partial charge in [0.25, 0.3) is 0 Å². The number of likely N-dealkylation sites (tertiary alicyclic amines) is 2. The first-order chi connectivity index (χ1) is 15.1. The number of hydrogen-bond donors (Lipinski definition) is 0. The molecule has 2 aromatic rings. The molecule has 6 nitrogen and oxygen atoms in total. The van der Waals surface area contributed by atoms with Crippen LogP contribution in [-0.4, -0.2) is 63.2 Å². The van der Waals surface area contributed by atoms with Crippen LogP contribution >= 0.6 is 0 Å². The first-order valence-corrected chi connectivity index (χ1v) is 11.0. The second kappa shape index (κ2) is 9.60. The summed E-state index contributed by atoms with van der Waals surface area (Å²) in [4.78, 5) is 16.1. The van der Waals surface area contributed by atoms with Gasteiger partial charge in [0.1, 0.15) is 5.75 Å². The molecule has 31 heavy (non-hydrogen) atoms. The van der Waals surface area contributed by atoms with Gasteiger partial charge in [0.15, 0.2) is 11.5 Å². The summed E-state index contributed by atoms with van der Waals surface area (Å²) in [5, 5.41) is 0. The molecule has 0 bridgehead atoms. The van der Waals surface area contributed by atoms with Gasteiger partial charge in [-0.25, -0.2) is 0 Å². The zero-order valence-electron chi connectivity index (χ0n) is 18.7. The van der Waals surface area contributed by atoms with Crippen LogP contribution in [0, 0.1) is 5.92 Å². The molecule has 1 amide bonds. The van der Waals surface area contributed by atoms with E-state index in [1.165, 1.54) is 18.4 Å². The third-order valence-corrected chi connectivity index (χ3v) is 6.27. The Bertz CT molecular complexity index is 924. The van der Waals surface area contributed by atoms with Crippen LogP contribution in [0.5, 0.6) is 17.2 Å². The topological polar surface area (TPSA) is 51.2 Å². The third kappa shape index (κ3) is 4.96. The zero-order valence-corrected chi connectivity index (χ0v) is 18.7. The molecular weight excluding hydrogens is 392 g/mol. The zero-order chi connectivity index (χ0) is 21.8. The fourth-order valence-corrected chi connectivity index (χ4v) is 4.50. The maximum absolute atomic E-state index is 11.8. The van der Waals surface area contributed by atoms with Crippen molar-refractivity contribution in [3.63, 3.8) is 0 Å². The molecule has 0 radical (unpaired) electrons. The standard InChI is InChI=1S/C25H32N2O4/c1-26-15-18(12-25(26)28)17-31-22-8-6-19(13-21(22)16-27-10-4-5-11-27)20-7-9-23(29-2)24(14-20)30-3/h6-9,13-14,18H,4-5,10-12,15-17H2,1-3H3. The monoisotopic (exact) mass is 424 g/mol. The molecule has 2 saturated heterocycles. The molecule has 0 aromatic heterocycles. The highest BCUT2D eigenvalue weighted by Gasteiger charge is 2.27. The van der Waals surface area contributed by atoms with Crippen LogP contribution in [0.3, 0.4) is 0 Å². The number of nitrogens with zero attached hydrogens (tertiary/aromatic N) is 2. The van der Waals surface area contributed by atoms with Crippen LogP contribution in [0.1, 0.15) is 24.8 Å². The lowest BCUT2D eigenvalue weighted by molar-refractivity contribution is -0.126. The van der Waals surface area contributed by atoms with Crippen LogP contribution < -0.4 is 14.2 Å². The Morgan fingerprint density at radius 3 is 2.26 bits per heavy atom. The second-order valence-electron chi connectivity index (χ2n) is 8.53. The lowest BCUT2D eigenvalue weighted by atomic mass is 10.0. The molecule has 2 aliphatic heterocycles. The third-order valence-electron chi connectivity index (χ3n) is 6.27. The van der Waals surface area contributed by atoms with Crippen molar-refractivity contribution in [2.75, 3.05) is 47.5 Å². The molecule has 1 atom stereocenters. The maximum Gasteiger partial charge on any atom is 0.222 e. The summed E-state index contributed by atoms with van der Waals surface area (Å²) in [6, 6.07) is 12.4. The molecule has 2 aliphatic rings. The van der Waals surface area contributed by atoms with Gasteiger partial charge in [-0.1, -0.05) is 12.1 Å². The average molecular weight is 425 g/mol. The van der Waals surface area contributed by atoms with E-state index in [9.17, 15) is 4.79 Å². The van der Waals surface area contributed by atoms with E-state index >= 15 is 0 Å². The number of carbonyl (C=O) groups is 1. The number of carbonyl (C=O) groups excluding carboxylic acids is 1. The largest absolute Gasteiger partial charge is 0.493 e. The molecule has 2 fully saturated rings. The van der Waals surface area contributed by atoms with Crippen molar-refractivity contribution in [2.45, 2.75) is 25.8 Å². The highest BCUT2D eigenvalue weighted by atomic mass is 16.5. The van der Waals surface area contributed by atoms with Crippen molar-refractivity contribution in [1.82, 2.24) is 9.80 Å². The predicted octanol–water partition coefficient (Wildman–Crippen LogP) is 3.82. The van der Waals surface area contributed by atoms with Crippen LogP contribution in [0.2, 0.25) is 0 Å². The van der Waals surface area contributed by atoms with Crippen molar-refractivity contribution in [3.05, 3.63) is 42.0 Å². The number of ether oxygens (including phenoxy) is 3. The molecule has 2 heterocycles. The van der Waals surface area contributed by atoms with Gasteiger partial charge in [-0.3, -0.25) is 9.69 Å². The van der Waals surface area contributed by atoms with Gasteiger partial charge in [-0.05, 0) is 61.3 Å². The summed E-state index contributed by atoms with van der Waals surface area (Å²) in [5.74, 6) is 2.81. The number of hydrogen-bond acceptors (Lipinski definition) is 5. The van der Waals surface area contributed by atoms with Crippen LogP contribution in [0.25, 0.3) is 11.1 Å². The van der Waals surface area contributed by atoms with Gasteiger partial charge in [0.05, 0.1) is 20.8 Å². The van der Waals surface area contributed by atoms with Crippen LogP contribution in [-0.2, 0) is 11.3 Å². The van der Waals surface area contributed by atoms with Crippen molar-refractivity contribution in [3.8, 4) is 28.4 Å². The summed E-state index contributed by atoms with van der Waals surface area (Å²) in [7, 11) is 5.16. The number of benzene rings is 2. The van der Waals surface area contributed by atoms with Crippen molar-refractivity contribution in [1.29, 1.82) is 0 Å². The van der Waals surface area contributed by atoms with E-state index in [-0.39, 0.29) is 11.8 Å². The fourth-order valence-electron chi connectivity index (χ4n) is 4.50. The van der Waals surface area contributed by atoms with Crippen LogP contribution in [0.4, 0.5) is 0 Å². The minimum atomic E-state index is 0.203. The summed E-state index contributed by atoms with van der Waals surface area (Å²) in [5.41, 5.74) is 3.39. The Balaban J connectivity index is 1.57. The summed E-state index contributed by atoms with van der Waals surface area (Å²) in [6.07, 6.45) is 3.08. The predicted molar refractivity (Wildman–Crippen MR) is 121 cm³/mol. The van der Waals surface area contributed by atoms with Crippen LogP contribution in [0.15, 0.2) is 36.4 Å². The van der Waals surface area contributed by atoms with Crippen molar-refractivity contribution < 1.29 is 19.0 Å². The van der Waals surface area contributed by atoms with Gasteiger partial charge in [-0.2, -0.15) is 0 Å². The van der Waals surface area contributed by atoms with Gasteiger partial charge in [-0.15, -0.1) is 0 Å². The fraction of sp³-hybridized carbons (Fsp3) is 0.480. The van der Waals surface area contributed by atoms with E-state index in [2.05, 4.69) is 29.2 Å². The normalized spacial score (nSPS) is 19.1. The molecule has 0 spiro atoms. The summed E-state index contributed by atoms with van der Waals surface area (Å²) < 4.78 is 17.1. The molecule has 6 heteroatoms. The van der Waals surface area contributed by atoms with E-state index in [1.54, 1.807) is 19.1 Å². The summed E-state index contributed by atoms with van der Waals surface area (Å²) in [6.45, 7) is 4.46. The van der Waals surface area contributed by atoms with Gasteiger partial charge in [0, 0.05) is 38.0 Å². The Morgan fingerprint density at radius 1 is 0.935 bits per heavy atom. The Kier molecular flexibility index (Phi) is 6.66. The average Bonchev–Trinajstić information content (AvgIpc) is 3.41. The molecule has 0 N–H and O–H groups in total. The molecule has 1 unspecified atom stereocenters. The van der Waals surface area contributed by atoms with E-state index in [0.29, 0.717) is 13.0 Å². The lowest BCUT2D eigenvalue weighted by Crippen LogP contribution is -2.21. The van der Waals surface area contributed by atoms with Gasteiger partial charge in [0.2, 0.25) is 5.91 Å². The Labute approximate surface area is 184 Å². The highest BCUT2D eigenvalue weighted by molar-refractivity contribution is 5.78. The number of methoxy groups -OCH3 is 2. The molecule has 166 valence electrons. The van der Waals surface area contributed by atoms with E-state index in [0.717, 1.165) is 54.6 Å². The SMILES string of the molecule is COc1ccc(-c2ccc(OCC3CC(=O)N(C)C3)c(CN3CCCC3)c2)cc1OC. The van der Waals surface area contributed by atoms with E-state index in [4.69, 9.17) is 14.2 Å². The molecule has 4 rings (SSSR count). The van der Waals surface area contributed by atoms with E-state index in [1.807, 2.05) is 19.2 Å². The Hall–Kier alpha value is -2.73. The second-order valence-corrected chi connectivity index (χ2v) is 8.53. The molecule has 2 aromatic carbocycles. The maximum atomic E-state index is 11.8. The minimum absolute atomic E-state index is 0.203. The van der Waals surface area contributed by atoms with Crippen molar-refractivity contribution in [2.24, 2.45) is 5.92 Å². The molecular formula is C25H32N2O4. The highest BCUT2D eigenvalue weighted by Crippen LogP contribution is 2.35. The minimum Gasteiger partial charge on any atom is -0.493 e. The lowest BCUT2D eigenvalue weighted by Gasteiger charge is -2.20. The molecule has 0 saturated carbocycles. The molecule has 0 aliphatic carbocycles. The van der Waals surface area contributed by atoms with Crippen molar-refractivity contribution >= 4 is 5.91 Å². The smallest absolute Gasteiger partial charge is 0.222 e. The number of amides is 1. The number of rotatable bonds is 8. The Morgan fingerprint density at radius 2 is 1.61 bits per heavy atom. The van der Waals surface area contributed by atoms with Gasteiger partial charge >= 0.3 is 0 Å². The first kappa shape index (κ1) is 21.5. The quantitative estimate of drug-likeness (QED) is 0.645. The van der Waals surface area contributed by atoms with Gasteiger partial charge < -0.3 is 19.1 Å². The van der Waals surface area contributed by atoms with E-state index < -0.39 is 0 Å².